The molecule has 98 valence electrons. The molecule has 0 radical (unpaired) electrons. The van der Waals surface area contributed by atoms with Crippen LogP contribution in [-0.2, 0) is 10.8 Å². The van der Waals surface area contributed by atoms with Crippen LogP contribution in [0.4, 0.5) is 0 Å². The van der Waals surface area contributed by atoms with Gasteiger partial charge in [-0.25, -0.2) is 0 Å². The van der Waals surface area contributed by atoms with Crippen LogP contribution in [0.1, 0.15) is 24.3 Å². The van der Waals surface area contributed by atoms with Crippen molar-refractivity contribution in [2.75, 3.05) is 23.8 Å². The molecule has 1 N–H and O–H groups in total. The zero-order valence-electron chi connectivity index (χ0n) is 10.4. The topological polar surface area (TPSA) is 29.1 Å². The van der Waals surface area contributed by atoms with E-state index in [0.29, 0.717) is 12.0 Å². The highest BCUT2D eigenvalue weighted by molar-refractivity contribution is 7.99. The van der Waals surface area contributed by atoms with E-state index < -0.39 is 10.8 Å². The Balaban J connectivity index is 1.54. The van der Waals surface area contributed by atoms with Crippen LogP contribution in [0.3, 0.4) is 0 Å². The summed E-state index contributed by atoms with van der Waals surface area (Å²) in [5, 5.41) is 3.68. The minimum Gasteiger partial charge on any atom is -0.313 e. The Bertz CT molecular complexity index is 439. The maximum atomic E-state index is 11.3. The van der Waals surface area contributed by atoms with Gasteiger partial charge in [-0.3, -0.25) is 4.21 Å². The normalized spacial score (nSPS) is 31.2. The summed E-state index contributed by atoms with van der Waals surface area (Å²) in [7, 11) is -0.547. The predicted molar refractivity (Wildman–Crippen MR) is 78.8 cm³/mol. The van der Waals surface area contributed by atoms with Gasteiger partial charge >= 0.3 is 0 Å². The summed E-state index contributed by atoms with van der Waals surface area (Å²) in [5.41, 5.74) is 1.51. The monoisotopic (exact) mass is 281 g/mol. The molecule has 18 heavy (non-hydrogen) atoms. The largest absolute Gasteiger partial charge is 0.313 e. The predicted octanol–water partition coefficient (Wildman–Crippen LogP) is 2.38. The lowest BCUT2D eigenvalue weighted by Gasteiger charge is -2.24. The Hall–Kier alpha value is -0.320. The number of fused-ring (bicyclic) bond motifs is 1. The van der Waals surface area contributed by atoms with Gasteiger partial charge in [0.25, 0.3) is 0 Å². The standard InChI is InChI=1S/C14H19NOS2/c16-18-7-5-12(6-8-18)15-9-11-10-17-14-4-2-1-3-13(11)14/h1-4,11-12,15H,5-10H2. The molecule has 2 aliphatic rings. The summed E-state index contributed by atoms with van der Waals surface area (Å²) in [4.78, 5) is 1.45. The number of rotatable bonds is 3. The van der Waals surface area contributed by atoms with Crippen molar-refractivity contribution in [1.29, 1.82) is 0 Å². The van der Waals surface area contributed by atoms with E-state index in [1.807, 2.05) is 11.8 Å². The number of hydrogen-bond acceptors (Lipinski definition) is 3. The minimum absolute atomic E-state index is 0.547. The lowest BCUT2D eigenvalue weighted by molar-refractivity contribution is 0.462. The highest BCUT2D eigenvalue weighted by atomic mass is 32.2. The quantitative estimate of drug-likeness (QED) is 0.922. The van der Waals surface area contributed by atoms with Gasteiger partial charge in [0.05, 0.1) is 0 Å². The smallest absolute Gasteiger partial charge is 0.0249 e. The first-order chi connectivity index (χ1) is 8.83. The molecule has 3 rings (SSSR count). The van der Waals surface area contributed by atoms with Gasteiger partial charge < -0.3 is 5.32 Å². The van der Waals surface area contributed by atoms with E-state index in [-0.39, 0.29) is 0 Å². The van der Waals surface area contributed by atoms with Crippen molar-refractivity contribution in [3.05, 3.63) is 29.8 Å². The average Bonchev–Trinajstić information content (AvgIpc) is 2.82. The van der Waals surface area contributed by atoms with Crippen molar-refractivity contribution in [3.8, 4) is 0 Å². The second kappa shape index (κ2) is 5.76. The summed E-state index contributed by atoms with van der Waals surface area (Å²) in [6, 6.07) is 9.33. The molecule has 0 amide bonds. The highest BCUT2D eigenvalue weighted by Crippen LogP contribution is 2.38. The molecule has 1 unspecified atom stereocenters. The molecular weight excluding hydrogens is 262 g/mol. The first kappa shape index (κ1) is 12.7. The van der Waals surface area contributed by atoms with Crippen LogP contribution in [0.5, 0.6) is 0 Å². The zero-order valence-corrected chi connectivity index (χ0v) is 12.1. The Labute approximate surface area is 115 Å². The van der Waals surface area contributed by atoms with Crippen LogP contribution in [0.15, 0.2) is 29.2 Å². The molecule has 2 nitrogen and oxygen atoms in total. The van der Waals surface area contributed by atoms with Gasteiger partial charge in [-0.05, 0) is 24.5 Å². The van der Waals surface area contributed by atoms with Crippen molar-refractivity contribution in [3.63, 3.8) is 0 Å². The fourth-order valence-corrected chi connectivity index (χ4v) is 5.26. The molecule has 0 spiro atoms. The van der Waals surface area contributed by atoms with Gasteiger partial charge in [-0.1, -0.05) is 18.2 Å². The lowest BCUT2D eigenvalue weighted by atomic mass is 10.0. The molecule has 0 aliphatic carbocycles. The maximum absolute atomic E-state index is 11.3. The summed E-state index contributed by atoms with van der Waals surface area (Å²) in [6.45, 7) is 1.07. The SMILES string of the molecule is O=S1CCC(NCC2CSc3ccccc32)CC1. The molecule has 0 saturated carbocycles. The highest BCUT2D eigenvalue weighted by Gasteiger charge is 2.24. The first-order valence-corrected chi connectivity index (χ1v) is 9.10. The van der Waals surface area contributed by atoms with Gasteiger partial charge in [0.2, 0.25) is 0 Å². The van der Waals surface area contributed by atoms with Crippen LogP contribution in [0.25, 0.3) is 0 Å². The van der Waals surface area contributed by atoms with Crippen molar-refractivity contribution in [2.45, 2.75) is 29.7 Å². The Kier molecular flexibility index (Phi) is 4.07. The van der Waals surface area contributed by atoms with Crippen molar-refractivity contribution >= 4 is 22.6 Å². The molecule has 0 bridgehead atoms. The van der Waals surface area contributed by atoms with Gasteiger partial charge in [-0.2, -0.15) is 0 Å². The first-order valence-electron chi connectivity index (χ1n) is 6.63. The Morgan fingerprint density at radius 3 is 2.89 bits per heavy atom. The van der Waals surface area contributed by atoms with Crippen molar-refractivity contribution in [2.24, 2.45) is 0 Å². The van der Waals surface area contributed by atoms with Crippen molar-refractivity contribution in [1.82, 2.24) is 5.32 Å². The average molecular weight is 281 g/mol. The third kappa shape index (κ3) is 2.81. The molecule has 1 aromatic carbocycles. The van der Waals surface area contributed by atoms with Gasteiger partial charge in [0, 0.05) is 51.5 Å². The van der Waals surface area contributed by atoms with E-state index in [0.717, 1.165) is 30.9 Å². The minimum atomic E-state index is -0.547. The molecule has 2 heterocycles. The molecule has 0 aromatic heterocycles. The van der Waals surface area contributed by atoms with E-state index in [1.54, 1.807) is 0 Å². The van der Waals surface area contributed by atoms with E-state index in [9.17, 15) is 4.21 Å². The molecule has 1 atom stereocenters. The summed E-state index contributed by atoms with van der Waals surface area (Å²) >= 11 is 1.97. The van der Waals surface area contributed by atoms with Gasteiger partial charge in [0.15, 0.2) is 0 Å². The molecule has 2 aliphatic heterocycles. The van der Waals surface area contributed by atoms with Crippen molar-refractivity contribution < 1.29 is 4.21 Å². The van der Waals surface area contributed by atoms with E-state index in [2.05, 4.69) is 29.6 Å². The van der Waals surface area contributed by atoms with E-state index >= 15 is 0 Å². The van der Waals surface area contributed by atoms with E-state index in [1.165, 1.54) is 16.2 Å². The summed E-state index contributed by atoms with van der Waals surface area (Å²) in [6.07, 6.45) is 2.16. The second-order valence-corrected chi connectivity index (χ2v) is 7.83. The number of benzene rings is 1. The number of thioether (sulfide) groups is 1. The fourth-order valence-electron chi connectivity index (χ4n) is 2.71. The molecule has 1 saturated heterocycles. The Morgan fingerprint density at radius 2 is 2.06 bits per heavy atom. The van der Waals surface area contributed by atoms with Crippen LogP contribution < -0.4 is 5.32 Å². The number of nitrogens with one attached hydrogen (secondary N) is 1. The maximum Gasteiger partial charge on any atom is 0.0249 e. The van der Waals surface area contributed by atoms with Crippen LogP contribution in [-0.4, -0.2) is 34.1 Å². The third-order valence-electron chi connectivity index (χ3n) is 3.84. The van der Waals surface area contributed by atoms with Crippen LogP contribution >= 0.6 is 11.8 Å². The molecule has 4 heteroatoms. The molecule has 1 aromatic rings. The second-order valence-electron chi connectivity index (χ2n) is 5.08. The third-order valence-corrected chi connectivity index (χ3v) is 6.47. The Morgan fingerprint density at radius 1 is 1.28 bits per heavy atom. The zero-order chi connectivity index (χ0) is 12.4. The van der Waals surface area contributed by atoms with Crippen LogP contribution in [0, 0.1) is 0 Å². The number of hydrogen-bond donors (Lipinski definition) is 1. The van der Waals surface area contributed by atoms with Gasteiger partial charge in [0.1, 0.15) is 0 Å². The molecular formula is C14H19NOS2. The summed E-state index contributed by atoms with van der Waals surface area (Å²) in [5.74, 6) is 3.62. The van der Waals surface area contributed by atoms with E-state index in [4.69, 9.17) is 0 Å². The fraction of sp³-hybridized carbons (Fsp3) is 0.571. The summed E-state index contributed by atoms with van der Waals surface area (Å²) < 4.78 is 11.3. The van der Waals surface area contributed by atoms with Gasteiger partial charge in [-0.15, -0.1) is 11.8 Å². The van der Waals surface area contributed by atoms with Crippen LogP contribution in [0.2, 0.25) is 0 Å². The lowest BCUT2D eigenvalue weighted by Crippen LogP contribution is -2.38. The molecule has 1 fully saturated rings.